The van der Waals surface area contributed by atoms with Crippen molar-refractivity contribution in [1.82, 2.24) is 0 Å². The van der Waals surface area contributed by atoms with Crippen molar-refractivity contribution in [1.29, 1.82) is 0 Å². The predicted molar refractivity (Wildman–Crippen MR) is 172 cm³/mol. The first-order chi connectivity index (χ1) is 23.2. The van der Waals surface area contributed by atoms with E-state index in [2.05, 4.69) is 27.7 Å². The molecule has 0 heterocycles. The summed E-state index contributed by atoms with van der Waals surface area (Å²) in [6, 6.07) is 0. The maximum Gasteiger partial charge on any atom is 0.509 e. The van der Waals surface area contributed by atoms with Crippen LogP contribution in [0.3, 0.4) is 0 Å². The Kier molecular flexibility index (Phi) is 10.5. The Hall–Kier alpha value is -1.80. The van der Waals surface area contributed by atoms with Gasteiger partial charge in [-0.1, -0.05) is 27.7 Å². The number of aliphatic carboxylic acids is 1. The quantitative estimate of drug-likeness (QED) is 0.187. The van der Waals surface area contributed by atoms with E-state index >= 15 is 0 Å². The van der Waals surface area contributed by atoms with Crippen molar-refractivity contribution < 1.29 is 65.5 Å². The summed E-state index contributed by atoms with van der Waals surface area (Å²) in [7, 11) is 0. The average Bonchev–Trinajstić information content (AvgIpc) is 3.80. The van der Waals surface area contributed by atoms with Gasteiger partial charge in [-0.05, 0) is 131 Å². The molecule has 0 aromatic rings. The molecule has 0 radical (unpaired) electrons. The Labute approximate surface area is 296 Å². The summed E-state index contributed by atoms with van der Waals surface area (Å²) in [6.07, 6.45) is -10.7. The maximum absolute atomic E-state index is 14.0. The van der Waals surface area contributed by atoms with Gasteiger partial charge in [-0.2, -0.15) is 26.3 Å². The molecule has 6 aliphatic rings. The van der Waals surface area contributed by atoms with Gasteiger partial charge in [-0.15, -0.1) is 0 Å². The molecule has 0 aliphatic heterocycles. The number of carboxylic acid groups (broad SMARTS) is 1. The van der Waals surface area contributed by atoms with Crippen molar-refractivity contribution in [2.45, 2.75) is 129 Å². The van der Waals surface area contributed by atoms with E-state index in [-0.39, 0.29) is 48.3 Å². The molecule has 6 aliphatic carbocycles. The van der Waals surface area contributed by atoms with Crippen molar-refractivity contribution >= 4 is 12.1 Å². The molecule has 0 spiro atoms. The lowest BCUT2D eigenvalue weighted by Gasteiger charge is -2.39. The van der Waals surface area contributed by atoms with Crippen molar-refractivity contribution in [2.24, 2.45) is 82.9 Å². The third-order valence-corrected chi connectivity index (χ3v) is 14.9. The van der Waals surface area contributed by atoms with Crippen molar-refractivity contribution in [3.05, 3.63) is 0 Å². The molecule has 18 atom stereocenters. The van der Waals surface area contributed by atoms with Gasteiger partial charge in [0.25, 0.3) is 0 Å². The van der Waals surface area contributed by atoms with E-state index in [4.69, 9.17) is 19.3 Å². The van der Waals surface area contributed by atoms with Crippen molar-refractivity contribution in [3.63, 3.8) is 0 Å². The number of halogens is 6. The molecule has 51 heavy (non-hydrogen) atoms. The second-order valence-electron chi connectivity index (χ2n) is 18.2. The Balaban J connectivity index is 0.000000199. The SMILES string of the molecule is CC1C(C)C2CC1C1CC(C(C)(OC(=O)OC(C)(C)C)C(F)(F)F)C(O)C21.CC1C(C)C2CC1C1CC(C(C)(OCC(=O)O)C(F)(F)F)C(O)C21. The number of carbonyl (C=O) groups excluding carboxylic acids is 1. The summed E-state index contributed by atoms with van der Waals surface area (Å²) in [6.45, 7) is 14.0. The summed E-state index contributed by atoms with van der Waals surface area (Å²) in [5.74, 6) is -0.960. The Bertz CT molecular complexity index is 1320. The number of aliphatic hydroxyl groups is 2. The molecule has 294 valence electrons. The molecule has 14 heteroatoms. The minimum absolute atomic E-state index is 0.0603. The largest absolute Gasteiger partial charge is 0.509 e. The average molecular weight is 743 g/mol. The number of ether oxygens (including phenoxy) is 3. The molecule has 6 rings (SSSR count). The van der Waals surface area contributed by atoms with E-state index < -0.39 is 71.9 Å². The second kappa shape index (κ2) is 13.2. The first-order valence-electron chi connectivity index (χ1n) is 18.4. The van der Waals surface area contributed by atoms with Crippen LogP contribution in [-0.2, 0) is 19.0 Å². The van der Waals surface area contributed by atoms with E-state index in [1.54, 1.807) is 20.8 Å². The van der Waals surface area contributed by atoms with Crippen LogP contribution in [0.1, 0.15) is 88.0 Å². The van der Waals surface area contributed by atoms with Gasteiger partial charge in [-0.25, -0.2) is 9.59 Å². The Morgan fingerprint density at radius 3 is 1.31 bits per heavy atom. The number of carboxylic acids is 1. The first-order valence-corrected chi connectivity index (χ1v) is 18.4. The Morgan fingerprint density at radius 1 is 0.588 bits per heavy atom. The minimum Gasteiger partial charge on any atom is -0.480 e. The fraction of sp³-hybridized carbons (Fsp3) is 0.946. The number of aliphatic hydroxyl groups excluding tert-OH is 2. The summed E-state index contributed by atoms with van der Waals surface area (Å²) in [5, 5.41) is 30.3. The van der Waals surface area contributed by atoms with Crippen LogP contribution in [0.2, 0.25) is 0 Å². The predicted octanol–water partition coefficient (Wildman–Crippen LogP) is 7.74. The smallest absolute Gasteiger partial charge is 0.480 e. The zero-order valence-electron chi connectivity index (χ0n) is 30.9. The lowest BCUT2D eigenvalue weighted by molar-refractivity contribution is -0.296. The van der Waals surface area contributed by atoms with Crippen LogP contribution in [0.25, 0.3) is 0 Å². The molecule has 0 saturated heterocycles. The maximum atomic E-state index is 14.0. The summed E-state index contributed by atoms with van der Waals surface area (Å²) in [5.41, 5.74) is -6.37. The standard InChI is InChI=1S/C20H31F3O4.C17H25F3O4/c1-9-10(2)12-7-11(9)13-8-14(16(24)15(12)13)19(6,20(21,22)23)27-17(25)26-18(3,4)5;1-7-8(2)10-4-9(7)11-5-12(15(23)14(10)11)16(3,17(18,19)20)24-6-13(21)22/h9-16,24H,7-8H2,1-6H3;7-12,14-15,23H,4-6H2,1-3H3,(H,21,22). The van der Waals surface area contributed by atoms with Gasteiger partial charge in [0.2, 0.25) is 5.60 Å². The molecule has 0 amide bonds. The molecular formula is C37H56F6O8. The highest BCUT2D eigenvalue weighted by Crippen LogP contribution is 2.67. The highest BCUT2D eigenvalue weighted by molar-refractivity contribution is 5.68. The van der Waals surface area contributed by atoms with Crippen LogP contribution >= 0.6 is 0 Å². The molecule has 18 unspecified atom stereocenters. The van der Waals surface area contributed by atoms with Crippen LogP contribution in [-0.4, -0.2) is 75.4 Å². The van der Waals surface area contributed by atoms with Crippen LogP contribution in [0.15, 0.2) is 0 Å². The third kappa shape index (κ3) is 6.67. The summed E-state index contributed by atoms with van der Waals surface area (Å²) < 4.78 is 97.8. The van der Waals surface area contributed by atoms with Gasteiger partial charge in [0.15, 0.2) is 5.60 Å². The molecule has 4 bridgehead atoms. The van der Waals surface area contributed by atoms with Gasteiger partial charge >= 0.3 is 24.5 Å². The van der Waals surface area contributed by atoms with Crippen LogP contribution in [0, 0.1) is 82.9 Å². The number of hydrogen-bond acceptors (Lipinski definition) is 7. The van der Waals surface area contributed by atoms with Gasteiger partial charge in [-0.3, -0.25) is 0 Å². The highest BCUT2D eigenvalue weighted by atomic mass is 19.4. The number of carbonyl (C=O) groups is 2. The summed E-state index contributed by atoms with van der Waals surface area (Å²) in [4.78, 5) is 22.8. The second-order valence-corrected chi connectivity index (χ2v) is 18.2. The van der Waals surface area contributed by atoms with E-state index in [1.165, 1.54) is 0 Å². The zero-order valence-corrected chi connectivity index (χ0v) is 30.9. The molecule has 0 aromatic heterocycles. The van der Waals surface area contributed by atoms with Crippen molar-refractivity contribution in [2.75, 3.05) is 6.61 Å². The number of fused-ring (bicyclic) bond motifs is 10. The molecule has 6 fully saturated rings. The van der Waals surface area contributed by atoms with Crippen LogP contribution in [0.4, 0.5) is 31.1 Å². The summed E-state index contributed by atoms with van der Waals surface area (Å²) >= 11 is 0. The Morgan fingerprint density at radius 2 is 0.961 bits per heavy atom. The van der Waals surface area contributed by atoms with Gasteiger partial charge in [0.05, 0.1) is 12.2 Å². The molecular weight excluding hydrogens is 686 g/mol. The van der Waals surface area contributed by atoms with Crippen LogP contribution in [0.5, 0.6) is 0 Å². The lowest BCUT2D eigenvalue weighted by atomic mass is 9.70. The normalized spacial score (nSPS) is 45.0. The van der Waals surface area contributed by atoms with Gasteiger partial charge in [0.1, 0.15) is 12.2 Å². The van der Waals surface area contributed by atoms with E-state index in [0.29, 0.717) is 35.5 Å². The monoisotopic (exact) mass is 742 g/mol. The van der Waals surface area contributed by atoms with Crippen LogP contribution < -0.4 is 0 Å². The zero-order chi connectivity index (χ0) is 38.5. The molecule has 6 saturated carbocycles. The molecule has 3 N–H and O–H groups in total. The fourth-order valence-electron chi connectivity index (χ4n) is 12.0. The van der Waals surface area contributed by atoms with Gasteiger partial charge < -0.3 is 29.5 Å². The highest BCUT2D eigenvalue weighted by Gasteiger charge is 2.71. The van der Waals surface area contributed by atoms with Crippen molar-refractivity contribution in [3.8, 4) is 0 Å². The fourth-order valence-corrected chi connectivity index (χ4v) is 12.0. The minimum atomic E-state index is -4.80. The molecule has 8 nitrogen and oxygen atoms in total. The molecule has 0 aromatic carbocycles. The topological polar surface area (TPSA) is 123 Å². The van der Waals surface area contributed by atoms with E-state index in [0.717, 1.165) is 26.7 Å². The van der Waals surface area contributed by atoms with Gasteiger partial charge in [0, 0.05) is 11.8 Å². The van der Waals surface area contributed by atoms with E-state index in [1.807, 2.05) is 0 Å². The number of alkyl halides is 6. The first kappa shape index (κ1) is 40.4. The number of hydrogen-bond donors (Lipinski definition) is 3. The third-order valence-electron chi connectivity index (χ3n) is 14.9. The van der Waals surface area contributed by atoms with E-state index in [9.17, 15) is 46.1 Å². The number of rotatable bonds is 6. The lowest BCUT2D eigenvalue weighted by Crippen LogP contribution is -2.55.